The van der Waals surface area contributed by atoms with Crippen LogP contribution in [0.1, 0.15) is 35.3 Å². The van der Waals surface area contributed by atoms with Crippen LogP contribution < -0.4 is 0 Å². The summed E-state index contributed by atoms with van der Waals surface area (Å²) in [5, 5.41) is 0. The maximum atomic E-state index is 12.2. The molecule has 0 aromatic heterocycles. The number of rotatable bonds is 3. The van der Waals surface area contributed by atoms with Gasteiger partial charge in [-0.3, -0.25) is 9.59 Å². The van der Waals surface area contributed by atoms with Crippen molar-refractivity contribution in [2.24, 2.45) is 11.8 Å². The molecule has 1 aliphatic carbocycles. The molecule has 96 valence electrons. The third-order valence-corrected chi connectivity index (χ3v) is 3.19. The summed E-state index contributed by atoms with van der Waals surface area (Å²) in [6.07, 6.45) is 0.479. The zero-order valence-corrected chi connectivity index (χ0v) is 11.0. The van der Waals surface area contributed by atoms with Crippen molar-refractivity contribution >= 4 is 11.8 Å². The lowest BCUT2D eigenvalue weighted by Crippen LogP contribution is -2.24. The van der Waals surface area contributed by atoms with Gasteiger partial charge < -0.3 is 4.74 Å². The zero-order valence-electron chi connectivity index (χ0n) is 11.0. The highest BCUT2D eigenvalue weighted by Gasteiger charge is 2.37. The minimum atomic E-state index is -0.639. The van der Waals surface area contributed by atoms with Gasteiger partial charge in [0.2, 0.25) is 0 Å². The van der Waals surface area contributed by atoms with Gasteiger partial charge in [0.1, 0.15) is 5.92 Å². The number of Topliss-reactive ketones (excluding diaryl/α,β-unsaturated/α-hetero) is 1. The van der Waals surface area contributed by atoms with Crippen LogP contribution in [0.25, 0.3) is 0 Å². The second-order valence-electron chi connectivity index (χ2n) is 5.25. The lowest BCUT2D eigenvalue weighted by molar-refractivity contribution is -0.147. The van der Waals surface area contributed by atoms with Crippen LogP contribution in [-0.2, 0) is 16.0 Å². The number of fused-ring (bicyclic) bond motifs is 1. The van der Waals surface area contributed by atoms with Crippen LogP contribution in [-0.4, -0.2) is 18.4 Å². The average Bonchev–Trinajstić information content (AvgIpc) is 2.65. The number of carbonyl (C=O) groups is 2. The summed E-state index contributed by atoms with van der Waals surface area (Å²) in [4.78, 5) is 24.1. The lowest BCUT2D eigenvalue weighted by Gasteiger charge is -2.10. The van der Waals surface area contributed by atoms with Crippen LogP contribution in [0.5, 0.6) is 0 Å². The van der Waals surface area contributed by atoms with E-state index in [0.717, 1.165) is 11.1 Å². The maximum absolute atomic E-state index is 12.2. The summed E-state index contributed by atoms with van der Waals surface area (Å²) in [6.45, 7) is 6.22. The molecule has 0 heterocycles. The molecule has 0 amide bonds. The first-order valence-corrected chi connectivity index (χ1v) is 6.30. The molecule has 1 aliphatic rings. The first kappa shape index (κ1) is 12.8. The average molecular weight is 246 g/mol. The Morgan fingerprint density at radius 2 is 2.17 bits per heavy atom. The summed E-state index contributed by atoms with van der Waals surface area (Å²) in [5.74, 6) is -0.824. The predicted molar refractivity (Wildman–Crippen MR) is 68.5 cm³/mol. The van der Waals surface area contributed by atoms with E-state index in [-0.39, 0.29) is 17.7 Å². The smallest absolute Gasteiger partial charge is 0.317 e. The Hall–Kier alpha value is -1.64. The van der Waals surface area contributed by atoms with Crippen LogP contribution in [0.15, 0.2) is 18.2 Å². The number of benzene rings is 1. The highest BCUT2D eigenvalue weighted by Crippen LogP contribution is 2.30. The molecule has 0 bridgehead atoms. The molecule has 1 aromatic carbocycles. The van der Waals surface area contributed by atoms with Gasteiger partial charge in [0.25, 0.3) is 0 Å². The Kier molecular flexibility index (Phi) is 3.50. The molecule has 0 saturated heterocycles. The number of ether oxygens (including phenoxy) is 1. The first-order chi connectivity index (χ1) is 8.50. The molecule has 0 radical (unpaired) electrons. The van der Waals surface area contributed by atoms with Crippen molar-refractivity contribution in [2.75, 3.05) is 6.61 Å². The second kappa shape index (κ2) is 4.92. The molecule has 3 heteroatoms. The van der Waals surface area contributed by atoms with Gasteiger partial charge in [-0.25, -0.2) is 0 Å². The number of hydrogen-bond acceptors (Lipinski definition) is 3. The highest BCUT2D eigenvalue weighted by molar-refractivity contribution is 6.13. The molecule has 0 aliphatic heterocycles. The summed E-state index contributed by atoms with van der Waals surface area (Å²) in [7, 11) is 0. The Labute approximate surface area is 107 Å². The Morgan fingerprint density at radius 3 is 2.78 bits per heavy atom. The predicted octanol–water partition coefficient (Wildman–Crippen LogP) is 2.55. The van der Waals surface area contributed by atoms with E-state index in [1.165, 1.54) is 0 Å². The third kappa shape index (κ3) is 2.30. The largest absolute Gasteiger partial charge is 0.465 e. The fraction of sp³-hybridized carbons (Fsp3) is 0.467. The molecule has 0 N–H and O–H groups in total. The molecule has 1 atom stereocenters. The van der Waals surface area contributed by atoms with Crippen molar-refractivity contribution in [1.82, 2.24) is 0 Å². The van der Waals surface area contributed by atoms with Crippen LogP contribution >= 0.6 is 0 Å². The van der Waals surface area contributed by atoms with E-state index < -0.39 is 5.92 Å². The highest BCUT2D eigenvalue weighted by atomic mass is 16.5. The van der Waals surface area contributed by atoms with Crippen molar-refractivity contribution in [3.8, 4) is 0 Å². The molecule has 3 nitrogen and oxygen atoms in total. The minimum absolute atomic E-state index is 0.0862. The standard InChI is InChI=1S/C15H18O3/c1-9(2)8-18-15(17)12-7-11-6-4-5-10(3)13(11)14(12)16/h4-6,9,12H,7-8H2,1-3H3. The molecular formula is C15H18O3. The SMILES string of the molecule is Cc1cccc2c1C(=O)C(C(=O)OCC(C)C)C2. The van der Waals surface area contributed by atoms with Crippen molar-refractivity contribution < 1.29 is 14.3 Å². The van der Waals surface area contributed by atoms with Gasteiger partial charge in [-0.2, -0.15) is 0 Å². The zero-order chi connectivity index (χ0) is 13.3. The fourth-order valence-electron chi connectivity index (χ4n) is 2.28. The lowest BCUT2D eigenvalue weighted by atomic mass is 10.0. The Bertz CT molecular complexity index is 489. The molecule has 0 spiro atoms. The molecule has 1 unspecified atom stereocenters. The Balaban J connectivity index is 2.14. The summed E-state index contributed by atoms with van der Waals surface area (Å²) < 4.78 is 5.17. The normalized spacial score (nSPS) is 18.0. The van der Waals surface area contributed by atoms with Gasteiger partial charge in [0.05, 0.1) is 6.61 Å². The van der Waals surface area contributed by atoms with Gasteiger partial charge in [0, 0.05) is 5.56 Å². The molecular weight excluding hydrogens is 228 g/mol. The van der Waals surface area contributed by atoms with Crippen molar-refractivity contribution in [2.45, 2.75) is 27.2 Å². The number of esters is 1. The Morgan fingerprint density at radius 1 is 1.44 bits per heavy atom. The van der Waals surface area contributed by atoms with Crippen LogP contribution in [0.2, 0.25) is 0 Å². The molecule has 0 saturated carbocycles. The second-order valence-corrected chi connectivity index (χ2v) is 5.25. The van der Waals surface area contributed by atoms with Gasteiger partial charge >= 0.3 is 5.97 Å². The van der Waals surface area contributed by atoms with Gasteiger partial charge in [0.15, 0.2) is 5.78 Å². The van der Waals surface area contributed by atoms with E-state index in [9.17, 15) is 9.59 Å². The summed E-state index contributed by atoms with van der Waals surface area (Å²) >= 11 is 0. The van der Waals surface area contributed by atoms with Gasteiger partial charge in [-0.05, 0) is 30.4 Å². The topological polar surface area (TPSA) is 43.4 Å². The quantitative estimate of drug-likeness (QED) is 0.608. The van der Waals surface area contributed by atoms with E-state index in [1.807, 2.05) is 39.0 Å². The van der Waals surface area contributed by atoms with Crippen molar-refractivity contribution in [1.29, 1.82) is 0 Å². The monoisotopic (exact) mass is 246 g/mol. The number of hydrogen-bond donors (Lipinski definition) is 0. The van der Waals surface area contributed by atoms with E-state index in [2.05, 4.69) is 0 Å². The summed E-state index contributed by atoms with van der Waals surface area (Å²) in [6, 6.07) is 5.73. The molecule has 0 fully saturated rings. The minimum Gasteiger partial charge on any atom is -0.465 e. The fourth-order valence-corrected chi connectivity index (χ4v) is 2.28. The van der Waals surface area contributed by atoms with E-state index in [4.69, 9.17) is 4.74 Å². The van der Waals surface area contributed by atoms with Crippen molar-refractivity contribution in [3.05, 3.63) is 34.9 Å². The van der Waals surface area contributed by atoms with Crippen LogP contribution in [0.3, 0.4) is 0 Å². The van der Waals surface area contributed by atoms with Crippen molar-refractivity contribution in [3.63, 3.8) is 0 Å². The van der Waals surface area contributed by atoms with E-state index >= 15 is 0 Å². The first-order valence-electron chi connectivity index (χ1n) is 6.30. The number of carbonyl (C=O) groups excluding carboxylic acids is 2. The molecule has 1 aromatic rings. The van der Waals surface area contributed by atoms with Crippen LogP contribution in [0.4, 0.5) is 0 Å². The van der Waals surface area contributed by atoms with E-state index in [0.29, 0.717) is 18.6 Å². The molecule has 18 heavy (non-hydrogen) atoms. The molecule has 2 rings (SSSR count). The van der Waals surface area contributed by atoms with Crippen LogP contribution in [0, 0.1) is 18.8 Å². The number of aryl methyl sites for hydroxylation is 1. The number of ketones is 1. The summed E-state index contributed by atoms with van der Waals surface area (Å²) in [5.41, 5.74) is 2.62. The maximum Gasteiger partial charge on any atom is 0.317 e. The van der Waals surface area contributed by atoms with Gasteiger partial charge in [-0.15, -0.1) is 0 Å². The van der Waals surface area contributed by atoms with Gasteiger partial charge in [-0.1, -0.05) is 32.0 Å². The third-order valence-electron chi connectivity index (χ3n) is 3.19. The van der Waals surface area contributed by atoms with E-state index in [1.54, 1.807) is 0 Å².